The summed E-state index contributed by atoms with van der Waals surface area (Å²) in [5.74, 6) is 0.442. The van der Waals surface area contributed by atoms with E-state index in [1.807, 2.05) is 48.5 Å². The second-order valence-electron chi connectivity index (χ2n) is 9.59. The Morgan fingerprint density at radius 2 is 1.33 bits per heavy atom. The number of thiol groups is 1. The van der Waals surface area contributed by atoms with Crippen LogP contribution in [0.25, 0.3) is 0 Å². The van der Waals surface area contributed by atoms with Crippen LogP contribution in [0.3, 0.4) is 0 Å². The Morgan fingerprint density at radius 1 is 0.833 bits per heavy atom. The standard InChI is InChI=1S/C13H21F.C10H15FS.2C2H6/c1-9(2)10-7-6-8-11(14)12(10)13(3,4)5;1-10(2,3)8-5-4-7(12)6-9(8)11;2*1-2/h7,9H,6,8H2,1-5H3;6,12H,4-5H2,1-3H3;2*1-2H3. The number of allylic oxidation sites excluding steroid dienone is 8. The zero-order valence-electron chi connectivity index (χ0n) is 21.8. The maximum atomic E-state index is 13.8. The fraction of sp³-hybridized carbons (Fsp3) is 0.704. The third kappa shape index (κ3) is 10.5. The van der Waals surface area contributed by atoms with Crippen molar-refractivity contribution in [1.82, 2.24) is 0 Å². The van der Waals surface area contributed by atoms with Gasteiger partial charge >= 0.3 is 0 Å². The molecule has 0 nitrogen and oxygen atoms in total. The first-order chi connectivity index (χ1) is 13.7. The molecule has 0 N–H and O–H groups in total. The van der Waals surface area contributed by atoms with Gasteiger partial charge in [-0.1, -0.05) is 89.2 Å². The molecule has 2 aliphatic carbocycles. The summed E-state index contributed by atoms with van der Waals surface area (Å²) in [6, 6.07) is 0. The fourth-order valence-corrected chi connectivity index (χ4v) is 3.74. The number of hydrogen-bond donors (Lipinski definition) is 1. The molecule has 0 spiro atoms. The Bertz CT molecular complexity index is 633. The Balaban J connectivity index is 0. The highest BCUT2D eigenvalue weighted by Crippen LogP contribution is 2.41. The minimum Gasteiger partial charge on any atom is -0.211 e. The molecule has 2 aliphatic rings. The Labute approximate surface area is 192 Å². The van der Waals surface area contributed by atoms with Gasteiger partial charge < -0.3 is 0 Å². The van der Waals surface area contributed by atoms with Gasteiger partial charge in [-0.15, -0.1) is 12.6 Å². The summed E-state index contributed by atoms with van der Waals surface area (Å²) in [5, 5.41) is 0. The molecule has 0 saturated carbocycles. The molecular weight excluding hydrogens is 394 g/mol. The van der Waals surface area contributed by atoms with Gasteiger partial charge in [0.1, 0.15) is 11.7 Å². The van der Waals surface area contributed by atoms with Gasteiger partial charge in [-0.2, -0.15) is 0 Å². The van der Waals surface area contributed by atoms with Gasteiger partial charge in [-0.05, 0) is 63.7 Å². The van der Waals surface area contributed by atoms with E-state index in [-0.39, 0.29) is 22.5 Å². The van der Waals surface area contributed by atoms with Gasteiger partial charge in [-0.3, -0.25) is 0 Å². The normalized spacial score (nSPS) is 17.1. The molecule has 0 radical (unpaired) electrons. The van der Waals surface area contributed by atoms with E-state index in [0.29, 0.717) is 12.3 Å². The van der Waals surface area contributed by atoms with Crippen LogP contribution in [-0.2, 0) is 0 Å². The Morgan fingerprint density at radius 3 is 1.67 bits per heavy atom. The number of rotatable bonds is 1. The van der Waals surface area contributed by atoms with E-state index in [1.54, 1.807) is 0 Å². The van der Waals surface area contributed by atoms with Crippen LogP contribution >= 0.6 is 12.6 Å². The first-order valence-corrected chi connectivity index (χ1v) is 12.1. The molecule has 0 bridgehead atoms. The third-order valence-electron chi connectivity index (χ3n) is 4.78. The molecule has 0 atom stereocenters. The molecule has 0 amide bonds. The highest BCUT2D eigenvalue weighted by Gasteiger charge is 2.28. The van der Waals surface area contributed by atoms with Gasteiger partial charge in [0.05, 0.1) is 0 Å². The smallest absolute Gasteiger partial charge is 0.123 e. The number of halogens is 2. The maximum absolute atomic E-state index is 13.8. The van der Waals surface area contributed by atoms with Crippen LogP contribution in [0.5, 0.6) is 0 Å². The first-order valence-electron chi connectivity index (χ1n) is 11.6. The lowest BCUT2D eigenvalue weighted by atomic mass is 9.75. The van der Waals surface area contributed by atoms with E-state index >= 15 is 0 Å². The van der Waals surface area contributed by atoms with E-state index in [9.17, 15) is 8.78 Å². The average Bonchev–Trinajstić information content (AvgIpc) is 2.63. The molecule has 0 saturated heterocycles. The molecular formula is C27H48F2S. The molecule has 3 heteroatoms. The fourth-order valence-electron chi connectivity index (χ4n) is 3.51. The van der Waals surface area contributed by atoms with E-state index in [4.69, 9.17) is 0 Å². The van der Waals surface area contributed by atoms with Crippen molar-refractivity contribution in [2.24, 2.45) is 16.7 Å². The quantitative estimate of drug-likeness (QED) is 0.383. The van der Waals surface area contributed by atoms with E-state index in [2.05, 4.69) is 53.3 Å². The summed E-state index contributed by atoms with van der Waals surface area (Å²) in [6.45, 7) is 24.7. The Kier molecular flexibility index (Phi) is 14.9. The largest absolute Gasteiger partial charge is 0.211 e. The van der Waals surface area contributed by atoms with Crippen LogP contribution < -0.4 is 0 Å². The topological polar surface area (TPSA) is 0 Å². The van der Waals surface area contributed by atoms with Crippen molar-refractivity contribution in [3.8, 4) is 0 Å². The van der Waals surface area contributed by atoms with Crippen molar-refractivity contribution in [1.29, 1.82) is 0 Å². The van der Waals surface area contributed by atoms with Crippen LogP contribution in [0.15, 0.2) is 45.4 Å². The zero-order chi connectivity index (χ0) is 24.3. The van der Waals surface area contributed by atoms with Crippen molar-refractivity contribution in [3.05, 3.63) is 45.4 Å². The first kappa shape index (κ1) is 31.4. The second kappa shape index (κ2) is 14.3. The van der Waals surface area contributed by atoms with Crippen molar-refractivity contribution < 1.29 is 8.78 Å². The van der Waals surface area contributed by atoms with Gasteiger partial charge in [0.15, 0.2) is 0 Å². The Hall–Kier alpha value is -0.830. The van der Waals surface area contributed by atoms with Gasteiger partial charge in [0, 0.05) is 6.42 Å². The summed E-state index contributed by atoms with van der Waals surface area (Å²) in [5.41, 5.74) is 2.95. The molecule has 176 valence electrons. The summed E-state index contributed by atoms with van der Waals surface area (Å²) in [4.78, 5) is 0.848. The lowest BCUT2D eigenvalue weighted by Crippen LogP contribution is -2.18. The van der Waals surface area contributed by atoms with Crippen molar-refractivity contribution >= 4 is 12.6 Å². The van der Waals surface area contributed by atoms with Crippen molar-refractivity contribution in [2.45, 2.75) is 109 Å². The minimum absolute atomic E-state index is 0.0466. The van der Waals surface area contributed by atoms with Crippen LogP contribution in [-0.4, -0.2) is 0 Å². The van der Waals surface area contributed by atoms with Crippen LogP contribution in [0, 0.1) is 16.7 Å². The highest BCUT2D eigenvalue weighted by molar-refractivity contribution is 7.84. The van der Waals surface area contributed by atoms with Crippen molar-refractivity contribution in [2.75, 3.05) is 0 Å². The summed E-state index contributed by atoms with van der Waals surface area (Å²) in [7, 11) is 0. The molecule has 0 aromatic carbocycles. The van der Waals surface area contributed by atoms with Gasteiger partial charge in [-0.25, -0.2) is 8.78 Å². The SMILES string of the molecule is CC.CC.CC(C)(C)C1=C(F)C=C(S)CC1.CC(C)C1=CCCC(F)=C1C(C)(C)C. The van der Waals surface area contributed by atoms with E-state index in [1.165, 1.54) is 11.6 Å². The summed E-state index contributed by atoms with van der Waals surface area (Å²) < 4.78 is 27.1. The summed E-state index contributed by atoms with van der Waals surface area (Å²) in [6.07, 6.45) is 6.87. The molecule has 0 heterocycles. The molecule has 0 aliphatic heterocycles. The van der Waals surface area contributed by atoms with Crippen LogP contribution in [0.4, 0.5) is 8.78 Å². The van der Waals surface area contributed by atoms with Crippen LogP contribution in [0.1, 0.15) is 109 Å². The highest BCUT2D eigenvalue weighted by atomic mass is 32.1. The molecule has 0 aromatic rings. The zero-order valence-corrected chi connectivity index (χ0v) is 22.7. The van der Waals surface area contributed by atoms with Crippen LogP contribution in [0.2, 0.25) is 0 Å². The lowest BCUT2D eigenvalue weighted by Gasteiger charge is -2.30. The molecule has 0 aromatic heterocycles. The summed E-state index contributed by atoms with van der Waals surface area (Å²) >= 11 is 4.14. The number of hydrogen-bond acceptors (Lipinski definition) is 1. The molecule has 0 unspecified atom stereocenters. The lowest BCUT2D eigenvalue weighted by molar-refractivity contribution is 0.447. The third-order valence-corrected chi connectivity index (χ3v) is 5.13. The average molecular weight is 443 g/mol. The van der Waals surface area contributed by atoms with E-state index in [0.717, 1.165) is 35.3 Å². The van der Waals surface area contributed by atoms with E-state index < -0.39 is 0 Å². The molecule has 2 rings (SSSR count). The maximum Gasteiger partial charge on any atom is 0.123 e. The second-order valence-corrected chi connectivity index (χ2v) is 10.2. The minimum atomic E-state index is -0.0845. The monoisotopic (exact) mass is 442 g/mol. The van der Waals surface area contributed by atoms with Gasteiger partial charge in [0.2, 0.25) is 0 Å². The predicted octanol–water partition coefficient (Wildman–Crippen LogP) is 10.5. The molecule has 0 fully saturated rings. The van der Waals surface area contributed by atoms with Crippen molar-refractivity contribution in [3.63, 3.8) is 0 Å². The van der Waals surface area contributed by atoms with Gasteiger partial charge in [0.25, 0.3) is 0 Å². The molecule has 30 heavy (non-hydrogen) atoms. The predicted molar refractivity (Wildman–Crippen MR) is 136 cm³/mol.